The summed E-state index contributed by atoms with van der Waals surface area (Å²) >= 11 is 3.13. The van der Waals surface area contributed by atoms with Crippen LogP contribution in [0.4, 0.5) is 27.8 Å². The number of fused-ring (bicyclic) bond motifs is 1. The fourth-order valence-corrected chi connectivity index (χ4v) is 3.68. The lowest BCUT2D eigenvalue weighted by Crippen LogP contribution is -2.24. The summed E-state index contributed by atoms with van der Waals surface area (Å²) in [5.74, 6) is -6.58. The number of imide groups is 1. The van der Waals surface area contributed by atoms with Crippen LogP contribution in [-0.4, -0.2) is 16.4 Å². The van der Waals surface area contributed by atoms with Crippen LogP contribution >= 0.6 is 15.9 Å². The van der Waals surface area contributed by atoms with E-state index in [4.69, 9.17) is 10.5 Å². The van der Waals surface area contributed by atoms with Crippen LogP contribution in [0.5, 0.6) is 11.5 Å². The van der Waals surface area contributed by atoms with Crippen molar-refractivity contribution in [2.75, 3.05) is 5.73 Å². The van der Waals surface area contributed by atoms with E-state index in [0.717, 1.165) is 16.7 Å². The number of carbonyl (C=O) groups is 2. The predicted octanol–water partition coefficient (Wildman–Crippen LogP) is 4.16. The van der Waals surface area contributed by atoms with E-state index in [9.17, 15) is 36.3 Å². The molecule has 0 fully saturated rings. The first kappa shape index (κ1) is 22.5. The second kappa shape index (κ2) is 7.69. The van der Waals surface area contributed by atoms with Crippen molar-refractivity contribution in [2.45, 2.75) is 6.18 Å². The third kappa shape index (κ3) is 3.95. The average Bonchev–Trinajstić information content (AvgIpc) is 2.97. The number of amides is 2. The third-order valence-corrected chi connectivity index (χ3v) is 5.07. The van der Waals surface area contributed by atoms with Crippen LogP contribution in [0.2, 0.25) is 0 Å². The molecular weight excluding hydrogens is 521 g/mol. The summed E-state index contributed by atoms with van der Waals surface area (Å²) in [6.07, 6.45) is -4.97. The van der Waals surface area contributed by atoms with E-state index in [1.54, 1.807) is 0 Å². The lowest BCUT2D eigenvalue weighted by molar-refractivity contribution is -0.138. The Hall–Kier alpha value is -3.74. The summed E-state index contributed by atoms with van der Waals surface area (Å²) in [6.45, 7) is 0. The molecule has 1 aliphatic rings. The maximum Gasteiger partial charge on any atom is 0.416 e. The van der Waals surface area contributed by atoms with Crippen LogP contribution in [-0.2, 0) is 6.18 Å². The first-order chi connectivity index (χ1) is 15.4. The van der Waals surface area contributed by atoms with Gasteiger partial charge < -0.3 is 10.5 Å². The number of halogens is 6. The Kier molecular flexibility index (Phi) is 5.23. The number of nitrogens with zero attached hydrogens (tertiary/aromatic N) is 1. The van der Waals surface area contributed by atoms with Gasteiger partial charge in [-0.25, -0.2) is 8.78 Å². The highest BCUT2D eigenvalue weighted by molar-refractivity contribution is 9.10. The van der Waals surface area contributed by atoms with E-state index in [2.05, 4.69) is 15.9 Å². The minimum Gasteiger partial charge on any atom is -0.451 e. The lowest BCUT2D eigenvalue weighted by Gasteiger charge is -2.15. The molecule has 1 aromatic heterocycles. The summed E-state index contributed by atoms with van der Waals surface area (Å²) < 4.78 is 72.8. The molecule has 0 bridgehead atoms. The van der Waals surface area contributed by atoms with Gasteiger partial charge in [0.05, 0.1) is 22.4 Å². The number of hydrogen-bond donors (Lipinski definition) is 2. The molecule has 0 aliphatic carbocycles. The van der Waals surface area contributed by atoms with Crippen molar-refractivity contribution in [1.82, 2.24) is 9.88 Å². The van der Waals surface area contributed by atoms with Crippen LogP contribution in [0.1, 0.15) is 26.3 Å². The normalized spacial score (nSPS) is 13.2. The van der Waals surface area contributed by atoms with Crippen molar-refractivity contribution < 1.29 is 36.3 Å². The van der Waals surface area contributed by atoms with E-state index in [0.29, 0.717) is 0 Å². The van der Waals surface area contributed by atoms with Gasteiger partial charge in [-0.1, -0.05) is 15.9 Å². The molecule has 2 aromatic carbocycles. The van der Waals surface area contributed by atoms with E-state index in [1.807, 2.05) is 5.32 Å². The SMILES string of the molecule is Nc1c2c(cc(=O)n1-c1cc(Br)cc(Oc3c(F)cc(C(F)(F)F)cc3F)c1)C(=O)NC2=O. The molecule has 13 heteroatoms. The highest BCUT2D eigenvalue weighted by atomic mass is 79.9. The van der Waals surface area contributed by atoms with Crippen molar-refractivity contribution in [3.8, 4) is 17.2 Å². The van der Waals surface area contributed by atoms with Gasteiger partial charge in [0.25, 0.3) is 17.4 Å². The summed E-state index contributed by atoms with van der Waals surface area (Å²) in [5, 5.41) is 2.00. The number of pyridine rings is 1. The Balaban J connectivity index is 1.81. The third-order valence-electron chi connectivity index (χ3n) is 4.61. The number of benzene rings is 2. The number of hydrogen-bond acceptors (Lipinski definition) is 5. The summed E-state index contributed by atoms with van der Waals surface area (Å²) in [7, 11) is 0. The molecule has 170 valence electrons. The Labute approximate surface area is 188 Å². The minimum absolute atomic E-state index is 0.0236. The van der Waals surface area contributed by atoms with Crippen LogP contribution in [0.3, 0.4) is 0 Å². The molecule has 4 rings (SSSR count). The van der Waals surface area contributed by atoms with Gasteiger partial charge in [0.2, 0.25) is 0 Å². The first-order valence-electron chi connectivity index (χ1n) is 8.83. The molecule has 2 heterocycles. The zero-order valence-corrected chi connectivity index (χ0v) is 17.5. The number of carbonyl (C=O) groups excluding carboxylic acids is 2. The molecule has 0 spiro atoms. The maximum atomic E-state index is 14.2. The van der Waals surface area contributed by atoms with Gasteiger partial charge in [-0.05, 0) is 24.3 Å². The number of nitrogen functional groups attached to an aromatic ring is 1. The highest BCUT2D eigenvalue weighted by Gasteiger charge is 2.34. The van der Waals surface area contributed by atoms with Crippen LogP contribution in [0.15, 0.2) is 45.7 Å². The fourth-order valence-electron chi connectivity index (χ4n) is 3.22. The number of aromatic nitrogens is 1. The Morgan fingerprint density at radius 3 is 2.18 bits per heavy atom. The van der Waals surface area contributed by atoms with Gasteiger partial charge in [-0.2, -0.15) is 13.2 Å². The molecule has 3 aromatic rings. The van der Waals surface area contributed by atoms with Gasteiger partial charge in [0.15, 0.2) is 17.4 Å². The zero-order chi connectivity index (χ0) is 24.2. The van der Waals surface area contributed by atoms with Crippen LogP contribution in [0.25, 0.3) is 5.69 Å². The molecule has 3 N–H and O–H groups in total. The summed E-state index contributed by atoms with van der Waals surface area (Å²) in [4.78, 5) is 36.4. The van der Waals surface area contributed by atoms with Crippen molar-refractivity contribution in [3.63, 3.8) is 0 Å². The zero-order valence-electron chi connectivity index (χ0n) is 15.9. The molecule has 2 amide bonds. The molecule has 0 saturated carbocycles. The predicted molar refractivity (Wildman–Crippen MR) is 107 cm³/mol. The largest absolute Gasteiger partial charge is 0.451 e. The second-order valence-electron chi connectivity index (χ2n) is 6.79. The molecule has 0 atom stereocenters. The molecular formula is C20H9BrF5N3O4. The Morgan fingerprint density at radius 2 is 1.58 bits per heavy atom. The fraction of sp³-hybridized carbons (Fsp3) is 0.0500. The Bertz CT molecular complexity index is 1400. The Morgan fingerprint density at radius 1 is 0.939 bits per heavy atom. The minimum atomic E-state index is -4.97. The molecule has 33 heavy (non-hydrogen) atoms. The highest BCUT2D eigenvalue weighted by Crippen LogP contribution is 2.37. The molecule has 7 nitrogen and oxygen atoms in total. The topological polar surface area (TPSA) is 103 Å². The van der Waals surface area contributed by atoms with Crippen molar-refractivity contribution in [3.05, 3.63) is 79.5 Å². The van der Waals surface area contributed by atoms with Crippen molar-refractivity contribution >= 4 is 33.6 Å². The monoisotopic (exact) mass is 529 g/mol. The van der Waals surface area contributed by atoms with Crippen LogP contribution < -0.4 is 21.3 Å². The van der Waals surface area contributed by atoms with E-state index in [-0.39, 0.29) is 45.0 Å². The number of nitrogens with two attached hydrogens (primary N) is 1. The molecule has 1 aliphatic heterocycles. The average molecular weight is 530 g/mol. The summed E-state index contributed by atoms with van der Waals surface area (Å²) in [5.41, 5.74) is 3.14. The first-order valence-corrected chi connectivity index (χ1v) is 9.62. The quantitative estimate of drug-likeness (QED) is 0.391. The van der Waals surface area contributed by atoms with Gasteiger partial charge >= 0.3 is 6.18 Å². The second-order valence-corrected chi connectivity index (χ2v) is 7.70. The smallest absolute Gasteiger partial charge is 0.416 e. The van der Waals surface area contributed by atoms with Crippen LogP contribution in [0, 0.1) is 11.6 Å². The summed E-state index contributed by atoms with van der Waals surface area (Å²) in [6, 6.07) is 4.74. The lowest BCUT2D eigenvalue weighted by atomic mass is 10.1. The van der Waals surface area contributed by atoms with Gasteiger partial charge in [-0.15, -0.1) is 0 Å². The van der Waals surface area contributed by atoms with E-state index >= 15 is 0 Å². The molecule has 0 radical (unpaired) electrons. The maximum absolute atomic E-state index is 14.2. The number of ether oxygens (including phenoxy) is 1. The van der Waals surface area contributed by atoms with E-state index < -0.39 is 46.5 Å². The number of nitrogens with one attached hydrogen (secondary N) is 1. The van der Waals surface area contributed by atoms with Gasteiger partial charge in [0, 0.05) is 16.6 Å². The van der Waals surface area contributed by atoms with E-state index in [1.165, 1.54) is 12.1 Å². The standard InChI is InChI=1S/C20H9BrF5N3O4/c21-8-3-9(29-14(30)6-11-15(17(29)27)19(32)28-18(11)31)5-10(4-8)33-16-12(22)1-7(2-13(16)23)20(24,25)26/h1-6H,27H2,(H,28,31,32). The molecule has 0 saturated heterocycles. The molecule has 0 unspecified atom stereocenters. The number of alkyl halides is 3. The van der Waals surface area contributed by atoms with Crippen molar-refractivity contribution in [1.29, 1.82) is 0 Å². The van der Waals surface area contributed by atoms with Gasteiger partial charge in [-0.3, -0.25) is 24.3 Å². The van der Waals surface area contributed by atoms with Gasteiger partial charge in [0.1, 0.15) is 11.6 Å². The number of anilines is 1. The van der Waals surface area contributed by atoms with Crippen molar-refractivity contribution in [2.24, 2.45) is 0 Å². The number of rotatable bonds is 3.